The second kappa shape index (κ2) is 11.4. The summed E-state index contributed by atoms with van der Waals surface area (Å²) in [5.41, 5.74) is 0.415. The predicted octanol–water partition coefficient (Wildman–Crippen LogP) is 1.72. The minimum absolute atomic E-state index is 0.0290. The molecule has 1 aromatic carbocycles. The zero-order chi connectivity index (χ0) is 23.0. The third-order valence-electron chi connectivity index (χ3n) is 5.65. The zero-order valence-electron chi connectivity index (χ0n) is 18.6. The van der Waals surface area contributed by atoms with E-state index in [1.165, 1.54) is 12.1 Å². The number of aliphatic imine (C=N–C) groups is 1. The summed E-state index contributed by atoms with van der Waals surface area (Å²) >= 11 is 0. The number of nitrogens with zero attached hydrogens (tertiary/aromatic N) is 2. The fourth-order valence-electron chi connectivity index (χ4n) is 4.05. The molecule has 1 saturated heterocycles. The number of sulfonamides is 1. The van der Waals surface area contributed by atoms with Crippen LogP contribution in [0.3, 0.4) is 0 Å². The zero-order valence-corrected chi connectivity index (χ0v) is 19.4. The largest absolute Gasteiger partial charge is 0.356 e. The monoisotopic (exact) mass is 463 g/mol. The maximum Gasteiger partial charge on any atom is 0.262 e. The van der Waals surface area contributed by atoms with E-state index >= 15 is 0 Å². The van der Waals surface area contributed by atoms with Crippen molar-refractivity contribution in [3.05, 3.63) is 24.3 Å². The van der Waals surface area contributed by atoms with Gasteiger partial charge in [-0.1, -0.05) is 12.5 Å². The number of amides is 2. The molecule has 1 atom stereocenters. The van der Waals surface area contributed by atoms with Gasteiger partial charge in [-0.05, 0) is 57.4 Å². The smallest absolute Gasteiger partial charge is 0.262 e. The van der Waals surface area contributed by atoms with Crippen LogP contribution < -0.4 is 15.4 Å². The highest BCUT2D eigenvalue weighted by atomic mass is 32.2. The molecule has 1 unspecified atom stereocenters. The van der Waals surface area contributed by atoms with Crippen molar-refractivity contribution in [1.82, 2.24) is 14.9 Å². The molecule has 1 fully saturated rings. The van der Waals surface area contributed by atoms with Crippen LogP contribution in [-0.4, -0.2) is 63.7 Å². The summed E-state index contributed by atoms with van der Waals surface area (Å²) in [5.74, 6) is 0.171. The molecule has 2 amide bonds. The van der Waals surface area contributed by atoms with Gasteiger partial charge in [0.2, 0.25) is 11.8 Å². The van der Waals surface area contributed by atoms with E-state index in [0.717, 1.165) is 38.6 Å². The first-order valence-corrected chi connectivity index (χ1v) is 12.8. The van der Waals surface area contributed by atoms with E-state index in [1.54, 1.807) is 12.1 Å². The molecule has 1 aromatic rings. The van der Waals surface area contributed by atoms with Gasteiger partial charge in [0.25, 0.3) is 10.0 Å². The van der Waals surface area contributed by atoms with Gasteiger partial charge in [0, 0.05) is 31.7 Å². The number of amidine groups is 1. The van der Waals surface area contributed by atoms with Crippen LogP contribution in [0, 0.1) is 5.92 Å². The third kappa shape index (κ3) is 7.03. The molecule has 0 aliphatic carbocycles. The lowest BCUT2D eigenvalue weighted by molar-refractivity contribution is -0.127. The molecule has 176 valence electrons. The first kappa shape index (κ1) is 24.2. The van der Waals surface area contributed by atoms with Gasteiger partial charge in [-0.25, -0.2) is 8.42 Å². The molecule has 10 heteroatoms. The van der Waals surface area contributed by atoms with Gasteiger partial charge >= 0.3 is 0 Å². The minimum Gasteiger partial charge on any atom is -0.356 e. The summed E-state index contributed by atoms with van der Waals surface area (Å²) < 4.78 is 28.1. The lowest BCUT2D eigenvalue weighted by atomic mass is 9.97. The van der Waals surface area contributed by atoms with E-state index in [9.17, 15) is 18.0 Å². The number of piperidine rings is 1. The molecule has 9 nitrogen and oxygen atoms in total. The summed E-state index contributed by atoms with van der Waals surface area (Å²) in [4.78, 5) is 31.0. The average molecular weight is 464 g/mol. The second-order valence-electron chi connectivity index (χ2n) is 8.29. The van der Waals surface area contributed by atoms with Gasteiger partial charge in [0.1, 0.15) is 5.84 Å². The van der Waals surface area contributed by atoms with Crippen molar-refractivity contribution in [1.29, 1.82) is 0 Å². The van der Waals surface area contributed by atoms with Crippen LogP contribution in [0.1, 0.15) is 45.4 Å². The molecule has 3 N–H and O–H groups in total. The van der Waals surface area contributed by atoms with Gasteiger partial charge in [-0.3, -0.25) is 24.2 Å². The average Bonchev–Trinajstić information content (AvgIpc) is 3.02. The van der Waals surface area contributed by atoms with Crippen molar-refractivity contribution < 1.29 is 18.0 Å². The molecule has 0 bridgehead atoms. The lowest BCUT2D eigenvalue weighted by Crippen LogP contribution is -2.45. The van der Waals surface area contributed by atoms with E-state index in [1.807, 2.05) is 11.8 Å². The number of anilines is 1. The fourth-order valence-corrected chi connectivity index (χ4v) is 5.18. The number of hydrogen-bond acceptors (Lipinski definition) is 6. The number of likely N-dealkylation sites (tertiary alicyclic amines) is 1. The molecule has 0 radical (unpaired) electrons. The van der Waals surface area contributed by atoms with Gasteiger partial charge in [-0.2, -0.15) is 0 Å². The summed E-state index contributed by atoms with van der Waals surface area (Å²) in [6.07, 6.45) is 5.21. The van der Waals surface area contributed by atoms with E-state index in [-0.39, 0.29) is 29.2 Å². The number of rotatable bonds is 7. The molecule has 2 aliphatic rings. The fraction of sp³-hybridized carbons (Fsp3) is 0.591. The Morgan fingerprint density at radius 1 is 1.19 bits per heavy atom. The van der Waals surface area contributed by atoms with Crippen molar-refractivity contribution in [3.8, 4) is 0 Å². The van der Waals surface area contributed by atoms with Crippen molar-refractivity contribution in [2.45, 2.75) is 50.3 Å². The van der Waals surface area contributed by atoms with Gasteiger partial charge in [0.05, 0.1) is 17.4 Å². The molecule has 0 spiro atoms. The molecule has 0 aromatic heterocycles. The standard InChI is InChI=1S/C22H33N5O4S/c1-2-23-22(29)17-8-7-13-27(15-17)16-21(28)25-18-9-6-10-19(14-18)32(30,31)26-20-11-4-3-5-12-24-20/h6,9-10,14,17H,2-5,7-8,11-13,15-16H2,1H3,(H,23,29)(H,24,26)(H,25,28). The highest BCUT2D eigenvalue weighted by molar-refractivity contribution is 7.90. The molecule has 32 heavy (non-hydrogen) atoms. The molecule has 3 rings (SSSR count). The maximum absolute atomic E-state index is 12.8. The lowest BCUT2D eigenvalue weighted by Gasteiger charge is -2.31. The normalized spacial score (nSPS) is 20.0. The summed E-state index contributed by atoms with van der Waals surface area (Å²) in [7, 11) is -3.77. The quantitative estimate of drug-likeness (QED) is 0.569. The molecule has 2 heterocycles. The number of nitrogens with one attached hydrogen (secondary N) is 3. The minimum atomic E-state index is -3.77. The second-order valence-corrected chi connectivity index (χ2v) is 9.97. The number of benzene rings is 1. The van der Waals surface area contributed by atoms with Gasteiger partial charge in [-0.15, -0.1) is 0 Å². The van der Waals surface area contributed by atoms with Crippen LogP contribution >= 0.6 is 0 Å². The summed E-state index contributed by atoms with van der Waals surface area (Å²) in [6, 6.07) is 6.21. The van der Waals surface area contributed by atoms with Crippen LogP contribution in [0.25, 0.3) is 0 Å². The van der Waals surface area contributed by atoms with Gasteiger partial charge in [0.15, 0.2) is 0 Å². The molecule has 0 saturated carbocycles. The maximum atomic E-state index is 12.8. The Morgan fingerprint density at radius 2 is 2.03 bits per heavy atom. The van der Waals surface area contributed by atoms with Crippen LogP contribution in [-0.2, 0) is 19.6 Å². The van der Waals surface area contributed by atoms with E-state index < -0.39 is 10.0 Å². The van der Waals surface area contributed by atoms with Crippen LogP contribution in [0.15, 0.2) is 34.2 Å². The van der Waals surface area contributed by atoms with Crippen LogP contribution in [0.2, 0.25) is 0 Å². The van der Waals surface area contributed by atoms with E-state index in [4.69, 9.17) is 0 Å². The topological polar surface area (TPSA) is 120 Å². The number of carbonyl (C=O) groups excluding carboxylic acids is 2. The Hall–Kier alpha value is -2.46. The number of hydrogen-bond donors (Lipinski definition) is 3. The first-order valence-electron chi connectivity index (χ1n) is 11.3. The van der Waals surface area contributed by atoms with Crippen LogP contribution in [0.4, 0.5) is 5.69 Å². The summed E-state index contributed by atoms with van der Waals surface area (Å²) in [6.45, 7) is 4.56. The van der Waals surface area contributed by atoms with Crippen molar-refractivity contribution in [2.24, 2.45) is 10.9 Å². The van der Waals surface area contributed by atoms with Crippen molar-refractivity contribution in [2.75, 3.05) is 38.0 Å². The van der Waals surface area contributed by atoms with Crippen molar-refractivity contribution >= 4 is 33.4 Å². The van der Waals surface area contributed by atoms with Crippen LogP contribution in [0.5, 0.6) is 0 Å². The Balaban J connectivity index is 1.58. The molecular weight excluding hydrogens is 430 g/mol. The summed E-state index contributed by atoms with van der Waals surface area (Å²) in [5, 5.41) is 5.63. The third-order valence-corrected chi connectivity index (χ3v) is 7.03. The van der Waals surface area contributed by atoms with E-state index in [0.29, 0.717) is 37.6 Å². The Kier molecular flexibility index (Phi) is 8.63. The number of carbonyl (C=O) groups is 2. The highest BCUT2D eigenvalue weighted by Gasteiger charge is 2.26. The Labute approximate surface area is 190 Å². The van der Waals surface area contributed by atoms with E-state index in [2.05, 4.69) is 20.3 Å². The Morgan fingerprint density at radius 3 is 2.84 bits per heavy atom. The highest BCUT2D eigenvalue weighted by Crippen LogP contribution is 2.19. The molecule has 2 aliphatic heterocycles. The van der Waals surface area contributed by atoms with Gasteiger partial charge < -0.3 is 10.6 Å². The first-order chi connectivity index (χ1) is 15.4. The molecular formula is C22H33N5O4S. The van der Waals surface area contributed by atoms with Crippen molar-refractivity contribution in [3.63, 3.8) is 0 Å². The predicted molar refractivity (Wildman–Crippen MR) is 124 cm³/mol. The Bertz CT molecular complexity index is 947. The SMILES string of the molecule is CCNC(=O)C1CCCN(CC(=O)Nc2cccc(S(=O)(=O)NC3=NCCCCC3)c2)C1.